The molecule has 5 rings (SSSR count). The fraction of sp³-hybridized carbons (Fsp3) is 0.516. The summed E-state index contributed by atoms with van der Waals surface area (Å²) in [5, 5.41) is 12.0. The number of rotatable bonds is 8. The molecule has 0 amide bonds. The summed E-state index contributed by atoms with van der Waals surface area (Å²) < 4.78 is 54.7. The van der Waals surface area contributed by atoms with Gasteiger partial charge in [0.2, 0.25) is 0 Å². The first-order valence-corrected chi connectivity index (χ1v) is 14.7. The number of carboxylic acid groups (broad SMARTS) is 1. The smallest absolute Gasteiger partial charge is 0.487 e. The molecule has 0 spiro atoms. The molecule has 2 N–H and O–H groups in total. The molecule has 2 saturated heterocycles. The molecule has 2 atom stereocenters. The van der Waals surface area contributed by atoms with Crippen molar-refractivity contribution in [2.75, 3.05) is 32.7 Å². The van der Waals surface area contributed by atoms with Gasteiger partial charge in [0.05, 0.1) is 5.39 Å². The molecule has 4 heterocycles. The largest absolute Gasteiger partial charge is 0.490 e. The van der Waals surface area contributed by atoms with Gasteiger partial charge in [-0.3, -0.25) is 14.7 Å². The zero-order valence-corrected chi connectivity index (χ0v) is 24.2. The number of benzene rings is 1. The second-order valence-corrected chi connectivity index (χ2v) is 11.1. The Labute approximate surface area is 247 Å². The van der Waals surface area contributed by atoms with Gasteiger partial charge in [0.1, 0.15) is 18.0 Å². The van der Waals surface area contributed by atoms with Gasteiger partial charge in [-0.2, -0.15) is 13.2 Å². The fourth-order valence-electron chi connectivity index (χ4n) is 5.53. The lowest BCUT2D eigenvalue weighted by Crippen LogP contribution is -2.49. The van der Waals surface area contributed by atoms with Crippen molar-refractivity contribution >= 4 is 16.7 Å². The first kappa shape index (κ1) is 32.4. The van der Waals surface area contributed by atoms with E-state index in [1.807, 2.05) is 36.5 Å². The van der Waals surface area contributed by atoms with Crippen LogP contribution >= 0.6 is 0 Å². The number of nitrogens with one attached hydrogen (secondary N) is 1. The normalized spacial score (nSPS) is 19.9. The van der Waals surface area contributed by atoms with Gasteiger partial charge in [-0.05, 0) is 73.8 Å². The summed E-state index contributed by atoms with van der Waals surface area (Å²) in [4.78, 5) is 28.3. The minimum Gasteiger partial charge on any atom is -0.487 e. The van der Waals surface area contributed by atoms with Crippen molar-refractivity contribution in [3.63, 3.8) is 0 Å². The van der Waals surface area contributed by atoms with E-state index in [1.54, 1.807) is 17.0 Å². The minimum atomic E-state index is -5.08. The molecule has 2 aliphatic heterocycles. The number of ether oxygens (including phenoxy) is 1. The molecular weight excluding hydrogens is 568 g/mol. The van der Waals surface area contributed by atoms with Crippen LogP contribution in [0.5, 0.6) is 5.75 Å². The number of aryl methyl sites for hydroxylation is 1. The van der Waals surface area contributed by atoms with Crippen molar-refractivity contribution in [2.45, 2.75) is 64.0 Å². The number of unbranched alkanes of at least 4 members (excludes halogenated alkanes) is 1. The maximum Gasteiger partial charge on any atom is 0.490 e. The van der Waals surface area contributed by atoms with Gasteiger partial charge < -0.3 is 19.7 Å². The van der Waals surface area contributed by atoms with Crippen LogP contribution < -0.4 is 15.6 Å². The van der Waals surface area contributed by atoms with E-state index in [0.717, 1.165) is 55.5 Å². The molecule has 1 aromatic carbocycles. The maximum absolute atomic E-state index is 15.0. The topological polar surface area (TPSA) is 96.7 Å². The average Bonchev–Trinajstić information content (AvgIpc) is 2.99. The Hall–Kier alpha value is -3.51. The number of piperidine rings is 2. The molecule has 0 aliphatic carbocycles. The van der Waals surface area contributed by atoms with Crippen molar-refractivity contribution in [1.29, 1.82) is 0 Å². The third-order valence-corrected chi connectivity index (χ3v) is 7.88. The van der Waals surface area contributed by atoms with E-state index < -0.39 is 24.4 Å². The maximum atomic E-state index is 15.0. The summed E-state index contributed by atoms with van der Waals surface area (Å²) >= 11 is 0. The van der Waals surface area contributed by atoms with E-state index in [9.17, 15) is 18.0 Å². The van der Waals surface area contributed by atoms with Crippen LogP contribution in [0.2, 0.25) is 0 Å². The van der Waals surface area contributed by atoms with E-state index in [0.29, 0.717) is 36.6 Å². The van der Waals surface area contributed by atoms with Crippen LogP contribution in [0.25, 0.3) is 21.9 Å². The van der Waals surface area contributed by atoms with E-state index in [4.69, 9.17) is 14.6 Å². The van der Waals surface area contributed by atoms with E-state index in [1.165, 1.54) is 12.8 Å². The number of halogens is 4. The Morgan fingerprint density at radius 1 is 1.12 bits per heavy atom. The van der Waals surface area contributed by atoms with Crippen molar-refractivity contribution in [2.24, 2.45) is 5.92 Å². The highest BCUT2D eigenvalue weighted by Crippen LogP contribution is 2.30. The Morgan fingerprint density at radius 2 is 1.81 bits per heavy atom. The van der Waals surface area contributed by atoms with Gasteiger partial charge in [0.25, 0.3) is 5.56 Å². The number of aromatic nitrogens is 2. The molecule has 8 nitrogen and oxygen atoms in total. The zero-order valence-electron chi connectivity index (χ0n) is 24.2. The number of carbonyl (C=O) groups is 1. The predicted molar refractivity (Wildman–Crippen MR) is 156 cm³/mol. The summed E-state index contributed by atoms with van der Waals surface area (Å²) in [6.07, 6.45) is 3.87. The molecule has 0 bridgehead atoms. The molecule has 0 unspecified atom stereocenters. The molecule has 12 heteroatoms. The monoisotopic (exact) mass is 606 g/mol. The van der Waals surface area contributed by atoms with Gasteiger partial charge in [0, 0.05) is 50.3 Å². The second-order valence-electron chi connectivity index (χ2n) is 11.1. The van der Waals surface area contributed by atoms with E-state index in [-0.39, 0.29) is 5.56 Å². The molecule has 2 aliphatic rings. The van der Waals surface area contributed by atoms with Gasteiger partial charge in [-0.15, -0.1) is 0 Å². The predicted octanol–water partition coefficient (Wildman–Crippen LogP) is 5.29. The minimum absolute atomic E-state index is 0.00395. The third kappa shape index (κ3) is 8.76. The molecule has 3 aromatic rings. The molecule has 0 radical (unpaired) electrons. The Balaban J connectivity index is 0.000000541. The van der Waals surface area contributed by atoms with Crippen molar-refractivity contribution in [3.05, 3.63) is 59.3 Å². The molecule has 43 heavy (non-hydrogen) atoms. The first-order chi connectivity index (χ1) is 20.6. The van der Waals surface area contributed by atoms with Crippen LogP contribution in [0.1, 0.15) is 39.0 Å². The fourth-order valence-corrected chi connectivity index (χ4v) is 5.53. The summed E-state index contributed by atoms with van der Waals surface area (Å²) in [5.74, 6) is -1.40. The Bertz CT molecular complexity index is 1410. The highest BCUT2D eigenvalue weighted by atomic mass is 19.4. The van der Waals surface area contributed by atoms with Crippen molar-refractivity contribution < 1.29 is 32.2 Å². The van der Waals surface area contributed by atoms with Crippen LogP contribution in [0.15, 0.2) is 53.7 Å². The number of likely N-dealkylation sites (tertiary alicyclic amines) is 1. The third-order valence-electron chi connectivity index (χ3n) is 7.88. The second kappa shape index (κ2) is 14.8. The number of carboxylic acids is 1. The quantitative estimate of drug-likeness (QED) is 0.337. The zero-order chi connectivity index (χ0) is 31.0. The number of pyridine rings is 2. The standard InChI is InChI=1S/C29H37FN4O2.C2HF3O2/c1-2-3-15-34-19-26(24-10-14-32-17-25(24)29(34)35)22-4-6-23(7-5-22)36-28-11-16-33(20-27(28)30)18-21-8-12-31-13-9-21;3-2(4,5)1(6)7/h4-7,10,14,17,19,21,27-28,31H,2-3,8-9,11-13,15-16,18,20H2,1H3;(H,6,7)/t27-,28-;/m0./s1. The lowest BCUT2D eigenvalue weighted by atomic mass is 9.96. The molecule has 2 aromatic heterocycles. The van der Waals surface area contributed by atoms with Gasteiger partial charge in [-0.1, -0.05) is 25.5 Å². The van der Waals surface area contributed by atoms with E-state index >= 15 is 4.39 Å². The SMILES string of the molecule is CCCCn1cc(-c2ccc(O[C@H]3CCN(CC4CCNCC4)C[C@@H]3F)cc2)c2ccncc2c1=O.O=C(O)C(F)(F)F. The van der Waals surface area contributed by atoms with Crippen LogP contribution in [0.4, 0.5) is 17.6 Å². The number of fused-ring (bicyclic) bond motifs is 1. The van der Waals surface area contributed by atoms with Crippen molar-refractivity contribution in [1.82, 2.24) is 19.8 Å². The van der Waals surface area contributed by atoms with Crippen LogP contribution in [0.3, 0.4) is 0 Å². The number of aliphatic carboxylic acids is 1. The average molecular weight is 607 g/mol. The number of hydrogen-bond donors (Lipinski definition) is 2. The lowest BCUT2D eigenvalue weighted by Gasteiger charge is -2.37. The first-order valence-electron chi connectivity index (χ1n) is 14.7. The summed E-state index contributed by atoms with van der Waals surface area (Å²) in [6, 6.07) is 9.72. The Morgan fingerprint density at radius 3 is 2.44 bits per heavy atom. The summed E-state index contributed by atoms with van der Waals surface area (Å²) in [6.45, 7) is 7.28. The summed E-state index contributed by atoms with van der Waals surface area (Å²) in [7, 11) is 0. The highest BCUT2D eigenvalue weighted by molar-refractivity contribution is 5.95. The number of alkyl halides is 4. The van der Waals surface area contributed by atoms with Crippen LogP contribution in [-0.2, 0) is 11.3 Å². The van der Waals surface area contributed by atoms with Gasteiger partial charge >= 0.3 is 12.1 Å². The van der Waals surface area contributed by atoms with Crippen LogP contribution in [-0.4, -0.2) is 76.7 Å². The van der Waals surface area contributed by atoms with Crippen LogP contribution in [0, 0.1) is 5.92 Å². The van der Waals surface area contributed by atoms with Gasteiger partial charge in [-0.25, -0.2) is 9.18 Å². The lowest BCUT2D eigenvalue weighted by molar-refractivity contribution is -0.192. The molecule has 2 fully saturated rings. The number of hydrogen-bond acceptors (Lipinski definition) is 6. The molecular formula is C31H38F4N4O4. The number of nitrogens with zero attached hydrogens (tertiary/aromatic N) is 3. The molecule has 0 saturated carbocycles. The van der Waals surface area contributed by atoms with E-state index in [2.05, 4.69) is 22.1 Å². The summed E-state index contributed by atoms with van der Waals surface area (Å²) in [5.41, 5.74) is 1.98. The Kier molecular flexibility index (Phi) is 11.1. The highest BCUT2D eigenvalue weighted by Gasteiger charge is 2.38. The van der Waals surface area contributed by atoms with Gasteiger partial charge in [0.15, 0.2) is 0 Å². The molecule has 234 valence electrons. The van der Waals surface area contributed by atoms with Crippen molar-refractivity contribution in [3.8, 4) is 16.9 Å².